The van der Waals surface area contributed by atoms with Crippen molar-refractivity contribution in [2.24, 2.45) is 0 Å². The number of aromatic nitrogens is 2. The first kappa shape index (κ1) is 25.9. The van der Waals surface area contributed by atoms with E-state index in [1.54, 1.807) is 48.7 Å². The van der Waals surface area contributed by atoms with Crippen LogP contribution in [0.25, 0.3) is 10.9 Å². The van der Waals surface area contributed by atoms with E-state index in [0.29, 0.717) is 11.1 Å². The number of carbonyl (C=O) groups is 1. The van der Waals surface area contributed by atoms with Gasteiger partial charge in [0.15, 0.2) is 0 Å². The third-order valence-corrected chi connectivity index (χ3v) is 5.81. The number of amides is 1. The van der Waals surface area contributed by atoms with Crippen LogP contribution in [0.1, 0.15) is 29.8 Å². The summed E-state index contributed by atoms with van der Waals surface area (Å²) in [6.45, 7) is 4.00. The molecule has 0 radical (unpaired) electrons. The van der Waals surface area contributed by atoms with E-state index in [9.17, 15) is 10.1 Å². The summed E-state index contributed by atoms with van der Waals surface area (Å²) in [6, 6.07) is 28.2. The molecule has 3 aromatic carbocycles. The van der Waals surface area contributed by atoms with Crippen molar-refractivity contribution in [3.8, 4) is 6.07 Å². The normalized spacial score (nSPS) is 10.1. The van der Waals surface area contributed by atoms with Crippen LogP contribution in [0.4, 0.5) is 28.4 Å². The number of nitrogens with zero attached hydrogens (tertiary/aromatic N) is 4. The Morgan fingerprint density at radius 2 is 1.42 bits per heavy atom. The lowest BCUT2D eigenvalue weighted by Gasteiger charge is -2.18. The maximum absolute atomic E-state index is 13.1. The Kier molecular flexibility index (Phi) is 8.27. The SMILES string of the molecule is CC.CN(C(=O)c1ccc(Nc2ccnc3ccc(C#N)cc23)cc1)c1ccc(Nc2ccncc2)cc1. The van der Waals surface area contributed by atoms with E-state index in [4.69, 9.17) is 0 Å². The van der Waals surface area contributed by atoms with E-state index in [1.807, 2.05) is 80.6 Å². The van der Waals surface area contributed by atoms with Gasteiger partial charge in [-0.15, -0.1) is 0 Å². The third-order valence-electron chi connectivity index (χ3n) is 5.81. The lowest BCUT2D eigenvalue weighted by molar-refractivity contribution is 0.0993. The molecule has 0 atom stereocenters. The fourth-order valence-corrected chi connectivity index (χ4v) is 3.86. The van der Waals surface area contributed by atoms with Crippen molar-refractivity contribution in [1.82, 2.24) is 9.97 Å². The van der Waals surface area contributed by atoms with E-state index in [0.717, 1.165) is 39.3 Å². The van der Waals surface area contributed by atoms with Crippen molar-refractivity contribution in [3.63, 3.8) is 0 Å². The number of pyridine rings is 2. The summed E-state index contributed by atoms with van der Waals surface area (Å²) in [5.74, 6) is -0.107. The summed E-state index contributed by atoms with van der Waals surface area (Å²) in [6.07, 6.45) is 5.18. The molecule has 2 aromatic heterocycles. The molecule has 1 amide bonds. The summed E-state index contributed by atoms with van der Waals surface area (Å²) in [5, 5.41) is 16.8. The number of fused-ring (bicyclic) bond motifs is 1. The van der Waals surface area contributed by atoms with Crippen LogP contribution >= 0.6 is 0 Å². The highest BCUT2D eigenvalue weighted by Gasteiger charge is 2.14. The summed E-state index contributed by atoms with van der Waals surface area (Å²) in [4.78, 5) is 23.1. The van der Waals surface area contributed by atoms with Crippen LogP contribution in [-0.4, -0.2) is 22.9 Å². The maximum Gasteiger partial charge on any atom is 0.258 e. The Balaban J connectivity index is 0.00000164. The average molecular weight is 501 g/mol. The highest BCUT2D eigenvalue weighted by atomic mass is 16.2. The van der Waals surface area contributed by atoms with Gasteiger partial charge in [-0.1, -0.05) is 13.8 Å². The predicted molar refractivity (Wildman–Crippen MR) is 154 cm³/mol. The molecule has 7 heteroatoms. The largest absolute Gasteiger partial charge is 0.355 e. The molecule has 0 fully saturated rings. The van der Waals surface area contributed by atoms with Crippen molar-refractivity contribution < 1.29 is 4.79 Å². The number of hydrogen-bond donors (Lipinski definition) is 2. The van der Waals surface area contributed by atoms with Crippen LogP contribution in [0.15, 0.2) is 104 Å². The number of anilines is 5. The first-order valence-electron chi connectivity index (χ1n) is 12.3. The minimum Gasteiger partial charge on any atom is -0.355 e. The number of carbonyl (C=O) groups excluding carboxylic acids is 1. The Labute approximate surface area is 222 Å². The van der Waals surface area contributed by atoms with Gasteiger partial charge < -0.3 is 15.5 Å². The maximum atomic E-state index is 13.1. The molecular formula is C31H28N6O. The molecule has 0 unspecified atom stereocenters. The zero-order valence-electron chi connectivity index (χ0n) is 21.5. The van der Waals surface area contributed by atoms with Gasteiger partial charge in [-0.25, -0.2) is 0 Å². The zero-order valence-corrected chi connectivity index (χ0v) is 21.5. The fraction of sp³-hybridized carbons (Fsp3) is 0.0968. The number of hydrogen-bond acceptors (Lipinski definition) is 6. The van der Waals surface area contributed by atoms with Gasteiger partial charge in [0.1, 0.15) is 0 Å². The summed E-state index contributed by atoms with van der Waals surface area (Å²) >= 11 is 0. The second kappa shape index (κ2) is 12.2. The number of nitrogens with one attached hydrogen (secondary N) is 2. The molecule has 5 rings (SSSR count). The van der Waals surface area contributed by atoms with Gasteiger partial charge in [0.25, 0.3) is 5.91 Å². The van der Waals surface area contributed by atoms with Crippen molar-refractivity contribution in [1.29, 1.82) is 5.26 Å². The molecule has 5 aromatic rings. The predicted octanol–water partition coefficient (Wildman–Crippen LogP) is 7.29. The van der Waals surface area contributed by atoms with E-state index >= 15 is 0 Å². The molecule has 0 aliphatic heterocycles. The highest BCUT2D eigenvalue weighted by molar-refractivity contribution is 6.06. The highest BCUT2D eigenvalue weighted by Crippen LogP contribution is 2.27. The van der Waals surface area contributed by atoms with Gasteiger partial charge in [-0.2, -0.15) is 5.26 Å². The fourth-order valence-electron chi connectivity index (χ4n) is 3.86. The Morgan fingerprint density at radius 1 is 0.789 bits per heavy atom. The second-order valence-corrected chi connectivity index (χ2v) is 8.18. The topological polar surface area (TPSA) is 93.9 Å². The second-order valence-electron chi connectivity index (χ2n) is 8.18. The Hall–Kier alpha value is -5.22. The van der Waals surface area contributed by atoms with Crippen LogP contribution < -0.4 is 15.5 Å². The van der Waals surface area contributed by atoms with Gasteiger partial charge in [0, 0.05) is 65.0 Å². The number of rotatable bonds is 6. The quantitative estimate of drug-likeness (QED) is 0.254. The van der Waals surface area contributed by atoms with Crippen molar-refractivity contribution in [2.45, 2.75) is 13.8 Å². The molecule has 0 bridgehead atoms. The molecule has 0 spiro atoms. The molecule has 2 heterocycles. The van der Waals surface area contributed by atoms with Crippen molar-refractivity contribution in [2.75, 3.05) is 22.6 Å². The minimum atomic E-state index is -0.107. The molecule has 188 valence electrons. The van der Waals surface area contributed by atoms with Crippen LogP contribution in [0, 0.1) is 11.3 Å². The van der Waals surface area contributed by atoms with Crippen LogP contribution in [0.3, 0.4) is 0 Å². The molecule has 38 heavy (non-hydrogen) atoms. The van der Waals surface area contributed by atoms with Crippen LogP contribution in [-0.2, 0) is 0 Å². The third kappa shape index (κ3) is 5.94. The van der Waals surface area contributed by atoms with Gasteiger partial charge in [0.05, 0.1) is 17.1 Å². The molecule has 0 aliphatic rings. The minimum absolute atomic E-state index is 0.107. The summed E-state index contributed by atoms with van der Waals surface area (Å²) in [7, 11) is 1.76. The lowest BCUT2D eigenvalue weighted by atomic mass is 10.1. The van der Waals surface area contributed by atoms with Gasteiger partial charge in [0.2, 0.25) is 0 Å². The van der Waals surface area contributed by atoms with Crippen molar-refractivity contribution >= 4 is 45.2 Å². The smallest absolute Gasteiger partial charge is 0.258 e. The van der Waals surface area contributed by atoms with E-state index in [1.165, 1.54) is 0 Å². The zero-order chi connectivity index (χ0) is 26.9. The average Bonchev–Trinajstić information content (AvgIpc) is 2.99. The monoisotopic (exact) mass is 500 g/mol. The van der Waals surface area contributed by atoms with E-state index < -0.39 is 0 Å². The summed E-state index contributed by atoms with van der Waals surface area (Å²) in [5.41, 5.74) is 6.28. The standard InChI is InChI=1S/C29H22N6O.C2H6/c1-35(25-9-7-22(8-10-25)33-24-12-15-31-16-13-24)29(36)21-3-5-23(6-4-21)34-28-14-17-32-27-11-2-20(19-30)18-26(27)28;1-2/h2-18H,1H3,(H,31,33)(H,32,34);1-2H3. The molecule has 2 N–H and O–H groups in total. The number of benzene rings is 3. The van der Waals surface area contributed by atoms with E-state index in [-0.39, 0.29) is 5.91 Å². The molecular weight excluding hydrogens is 472 g/mol. The van der Waals surface area contributed by atoms with Crippen LogP contribution in [0.2, 0.25) is 0 Å². The first-order valence-corrected chi connectivity index (χ1v) is 12.3. The Bertz CT molecular complexity index is 1560. The summed E-state index contributed by atoms with van der Waals surface area (Å²) < 4.78 is 0. The Morgan fingerprint density at radius 3 is 2.11 bits per heavy atom. The lowest BCUT2D eigenvalue weighted by Crippen LogP contribution is -2.26. The molecule has 0 aliphatic carbocycles. The van der Waals surface area contributed by atoms with Gasteiger partial charge in [-0.05, 0) is 84.9 Å². The first-order chi connectivity index (χ1) is 18.6. The van der Waals surface area contributed by atoms with Crippen molar-refractivity contribution in [3.05, 3.63) is 115 Å². The number of nitriles is 1. The van der Waals surface area contributed by atoms with Gasteiger partial charge >= 0.3 is 0 Å². The van der Waals surface area contributed by atoms with Gasteiger partial charge in [-0.3, -0.25) is 14.8 Å². The molecule has 0 saturated carbocycles. The van der Waals surface area contributed by atoms with Crippen LogP contribution in [0.5, 0.6) is 0 Å². The molecule has 0 saturated heterocycles. The van der Waals surface area contributed by atoms with E-state index in [2.05, 4.69) is 26.7 Å². The molecule has 7 nitrogen and oxygen atoms in total.